The molecule has 0 aromatic heterocycles. The summed E-state index contributed by atoms with van der Waals surface area (Å²) in [7, 11) is -1.44. The van der Waals surface area contributed by atoms with Gasteiger partial charge in [-0.2, -0.15) is 0 Å². The van der Waals surface area contributed by atoms with Gasteiger partial charge in [-0.3, -0.25) is 4.79 Å². The maximum absolute atomic E-state index is 11.6. The zero-order valence-electron chi connectivity index (χ0n) is 9.47. The fourth-order valence-electron chi connectivity index (χ4n) is 1.83. The highest BCUT2D eigenvalue weighted by atomic mass is 16.4. The first-order chi connectivity index (χ1) is 8.16. The Morgan fingerprint density at radius 3 is 2.59 bits per heavy atom. The fourth-order valence-corrected chi connectivity index (χ4v) is 1.83. The molecule has 0 saturated carbocycles. The van der Waals surface area contributed by atoms with E-state index in [1.165, 1.54) is 0 Å². The molecule has 2 rings (SSSR count). The molecule has 1 aromatic rings. The van der Waals surface area contributed by atoms with Crippen LogP contribution in [-0.2, 0) is 11.3 Å². The molecule has 0 atom stereocenters. The lowest BCUT2D eigenvalue weighted by Crippen LogP contribution is -2.47. The second-order valence-corrected chi connectivity index (χ2v) is 4.11. The van der Waals surface area contributed by atoms with Crippen LogP contribution in [0, 0.1) is 0 Å². The van der Waals surface area contributed by atoms with Crippen molar-refractivity contribution in [2.75, 3.05) is 19.6 Å². The van der Waals surface area contributed by atoms with Crippen LogP contribution < -0.4 is 10.8 Å². The van der Waals surface area contributed by atoms with Crippen molar-refractivity contribution in [3.8, 4) is 0 Å². The van der Waals surface area contributed by atoms with Gasteiger partial charge in [0.05, 0.1) is 6.54 Å². The van der Waals surface area contributed by atoms with Crippen LogP contribution in [0.25, 0.3) is 0 Å². The molecule has 1 amide bonds. The molecule has 0 unspecified atom stereocenters. The quantitative estimate of drug-likeness (QED) is 0.545. The number of hydrogen-bond acceptors (Lipinski definition) is 4. The van der Waals surface area contributed by atoms with Gasteiger partial charge in [-0.1, -0.05) is 24.3 Å². The average molecular weight is 234 g/mol. The number of carbonyl (C=O) groups excluding carboxylic acids is 1. The Kier molecular flexibility index (Phi) is 3.78. The van der Waals surface area contributed by atoms with E-state index in [9.17, 15) is 4.79 Å². The van der Waals surface area contributed by atoms with E-state index >= 15 is 0 Å². The van der Waals surface area contributed by atoms with Gasteiger partial charge in [0.25, 0.3) is 0 Å². The van der Waals surface area contributed by atoms with Crippen LogP contribution in [0.4, 0.5) is 0 Å². The minimum atomic E-state index is -1.44. The zero-order chi connectivity index (χ0) is 12.3. The van der Waals surface area contributed by atoms with Crippen LogP contribution in [0.1, 0.15) is 5.56 Å². The van der Waals surface area contributed by atoms with Gasteiger partial charge in [-0.15, -0.1) is 0 Å². The molecule has 1 aliphatic heterocycles. The summed E-state index contributed by atoms with van der Waals surface area (Å²) in [6, 6.07) is 6.94. The van der Waals surface area contributed by atoms with Gasteiger partial charge < -0.3 is 20.3 Å². The van der Waals surface area contributed by atoms with E-state index < -0.39 is 7.12 Å². The third-order valence-corrected chi connectivity index (χ3v) is 2.84. The maximum atomic E-state index is 11.6. The van der Waals surface area contributed by atoms with E-state index in [0.29, 0.717) is 25.1 Å². The molecule has 1 aromatic carbocycles. The van der Waals surface area contributed by atoms with Gasteiger partial charge in [0.15, 0.2) is 0 Å². The molecule has 0 spiro atoms. The Labute approximate surface area is 100 Å². The van der Waals surface area contributed by atoms with E-state index in [2.05, 4.69) is 5.32 Å². The van der Waals surface area contributed by atoms with Crippen molar-refractivity contribution in [1.82, 2.24) is 10.2 Å². The Morgan fingerprint density at radius 1 is 1.29 bits per heavy atom. The van der Waals surface area contributed by atoms with Crippen molar-refractivity contribution >= 4 is 18.5 Å². The van der Waals surface area contributed by atoms with E-state index in [0.717, 1.165) is 12.1 Å². The summed E-state index contributed by atoms with van der Waals surface area (Å²) in [5.41, 5.74) is 1.45. The van der Waals surface area contributed by atoms with Crippen molar-refractivity contribution in [2.24, 2.45) is 0 Å². The van der Waals surface area contributed by atoms with Gasteiger partial charge in [-0.25, -0.2) is 0 Å². The number of rotatable bonds is 3. The van der Waals surface area contributed by atoms with E-state index in [1.54, 1.807) is 17.0 Å². The van der Waals surface area contributed by atoms with Crippen molar-refractivity contribution in [1.29, 1.82) is 0 Å². The third-order valence-electron chi connectivity index (χ3n) is 2.84. The molecule has 0 radical (unpaired) electrons. The number of carbonyl (C=O) groups is 1. The monoisotopic (exact) mass is 234 g/mol. The van der Waals surface area contributed by atoms with Crippen LogP contribution in [0.3, 0.4) is 0 Å². The Balaban J connectivity index is 2.00. The van der Waals surface area contributed by atoms with Crippen LogP contribution in [-0.4, -0.2) is 47.6 Å². The van der Waals surface area contributed by atoms with Crippen LogP contribution >= 0.6 is 0 Å². The molecule has 17 heavy (non-hydrogen) atoms. The molecule has 0 aliphatic carbocycles. The standard InChI is InChI=1S/C11H15BN2O3/c15-11-7-13-5-6-14(11)8-9-1-3-10(4-2-9)12(16)17/h1-4,13,16-17H,5-8H2. The van der Waals surface area contributed by atoms with Gasteiger partial charge >= 0.3 is 7.12 Å². The molecule has 1 aliphatic rings. The predicted octanol–water partition coefficient (Wildman–Crippen LogP) is -1.70. The fraction of sp³-hybridized carbons (Fsp3) is 0.364. The SMILES string of the molecule is O=C1CNCCN1Cc1ccc(B(O)O)cc1. The number of hydrogen-bond donors (Lipinski definition) is 3. The molecule has 5 nitrogen and oxygen atoms in total. The number of benzene rings is 1. The minimum absolute atomic E-state index is 0.0996. The Morgan fingerprint density at radius 2 is 2.00 bits per heavy atom. The van der Waals surface area contributed by atoms with E-state index in [-0.39, 0.29) is 5.91 Å². The minimum Gasteiger partial charge on any atom is -0.423 e. The van der Waals surface area contributed by atoms with Crippen LogP contribution in [0.15, 0.2) is 24.3 Å². The molecule has 1 fully saturated rings. The summed E-state index contributed by atoms with van der Waals surface area (Å²) in [6.07, 6.45) is 0. The smallest absolute Gasteiger partial charge is 0.423 e. The second kappa shape index (κ2) is 5.31. The lowest BCUT2D eigenvalue weighted by atomic mass is 9.80. The molecule has 0 bridgehead atoms. The first-order valence-corrected chi connectivity index (χ1v) is 5.60. The summed E-state index contributed by atoms with van der Waals surface area (Å²) in [5.74, 6) is 0.0996. The summed E-state index contributed by atoms with van der Waals surface area (Å²) < 4.78 is 0. The van der Waals surface area contributed by atoms with Gasteiger partial charge in [0.1, 0.15) is 0 Å². The van der Waals surface area contributed by atoms with Crippen molar-refractivity contribution in [3.63, 3.8) is 0 Å². The van der Waals surface area contributed by atoms with Gasteiger partial charge in [-0.05, 0) is 11.0 Å². The third kappa shape index (κ3) is 3.06. The van der Waals surface area contributed by atoms with E-state index in [1.807, 2.05) is 12.1 Å². The lowest BCUT2D eigenvalue weighted by molar-refractivity contribution is -0.132. The molecule has 3 N–H and O–H groups in total. The molecule has 1 heterocycles. The molecule has 6 heteroatoms. The Hall–Kier alpha value is -1.37. The van der Waals surface area contributed by atoms with Crippen molar-refractivity contribution in [2.45, 2.75) is 6.54 Å². The molecular formula is C11H15BN2O3. The van der Waals surface area contributed by atoms with Gasteiger partial charge in [0.2, 0.25) is 5.91 Å². The van der Waals surface area contributed by atoms with Crippen molar-refractivity contribution in [3.05, 3.63) is 29.8 Å². The largest absolute Gasteiger partial charge is 0.488 e. The second-order valence-electron chi connectivity index (χ2n) is 4.11. The first-order valence-electron chi connectivity index (χ1n) is 5.60. The topological polar surface area (TPSA) is 72.8 Å². The van der Waals surface area contributed by atoms with E-state index in [4.69, 9.17) is 10.0 Å². The predicted molar refractivity (Wildman–Crippen MR) is 64.6 cm³/mol. The van der Waals surface area contributed by atoms with Crippen molar-refractivity contribution < 1.29 is 14.8 Å². The van der Waals surface area contributed by atoms with Gasteiger partial charge in [0, 0.05) is 19.6 Å². The number of piperazine rings is 1. The lowest BCUT2D eigenvalue weighted by Gasteiger charge is -2.27. The summed E-state index contributed by atoms with van der Waals surface area (Å²) in [4.78, 5) is 13.3. The Bertz CT molecular complexity index is 394. The first kappa shape index (κ1) is 12.1. The van der Waals surface area contributed by atoms with Crippen LogP contribution in [0.2, 0.25) is 0 Å². The highest BCUT2D eigenvalue weighted by Gasteiger charge is 2.17. The number of nitrogens with zero attached hydrogens (tertiary/aromatic N) is 1. The summed E-state index contributed by atoms with van der Waals surface area (Å²) in [5, 5.41) is 20.9. The molecular weight excluding hydrogens is 219 g/mol. The number of amides is 1. The normalized spacial score (nSPS) is 16.1. The zero-order valence-corrected chi connectivity index (χ0v) is 9.47. The molecule has 1 saturated heterocycles. The van der Waals surface area contributed by atoms with Crippen LogP contribution in [0.5, 0.6) is 0 Å². The summed E-state index contributed by atoms with van der Waals surface area (Å²) in [6.45, 7) is 2.50. The average Bonchev–Trinajstić information content (AvgIpc) is 2.33. The summed E-state index contributed by atoms with van der Waals surface area (Å²) >= 11 is 0. The highest BCUT2D eigenvalue weighted by Crippen LogP contribution is 2.05. The maximum Gasteiger partial charge on any atom is 0.488 e. The highest BCUT2D eigenvalue weighted by molar-refractivity contribution is 6.58. The molecule has 90 valence electrons. The number of nitrogens with one attached hydrogen (secondary N) is 1.